The van der Waals surface area contributed by atoms with E-state index in [2.05, 4.69) is 19.2 Å². The molecule has 0 spiro atoms. The minimum atomic E-state index is -0.847. The molecule has 2 rings (SSSR count). The molecule has 1 heterocycles. The first-order valence-corrected chi connectivity index (χ1v) is 8.14. The van der Waals surface area contributed by atoms with E-state index >= 15 is 0 Å². The van der Waals surface area contributed by atoms with Crippen LogP contribution in [0, 0.1) is 5.92 Å². The fourth-order valence-corrected chi connectivity index (χ4v) is 2.91. The third-order valence-electron chi connectivity index (χ3n) is 4.38. The van der Waals surface area contributed by atoms with Gasteiger partial charge in [0.25, 0.3) is 0 Å². The highest BCUT2D eigenvalue weighted by atomic mass is 16.5. The second-order valence-corrected chi connectivity index (χ2v) is 6.64. The zero-order chi connectivity index (χ0) is 17.0. The first kappa shape index (κ1) is 17.3. The molecule has 1 aromatic carbocycles. The van der Waals surface area contributed by atoms with E-state index in [1.165, 1.54) is 0 Å². The molecule has 0 bridgehead atoms. The molecular weight excluding hydrogens is 292 g/mol. The van der Waals surface area contributed by atoms with E-state index in [4.69, 9.17) is 4.74 Å². The average Bonchev–Trinajstić information content (AvgIpc) is 2.83. The minimum Gasteiger partial charge on any atom is -0.497 e. The van der Waals surface area contributed by atoms with Crippen LogP contribution in [0.1, 0.15) is 40.0 Å². The Morgan fingerprint density at radius 2 is 2.17 bits per heavy atom. The number of nitrogens with zero attached hydrogens (tertiary/aromatic N) is 1. The molecule has 5 nitrogen and oxygen atoms in total. The number of amides is 2. The number of rotatable bonds is 6. The average molecular weight is 318 g/mol. The van der Waals surface area contributed by atoms with Crippen LogP contribution in [0.15, 0.2) is 24.3 Å². The molecule has 1 saturated heterocycles. The second-order valence-electron chi connectivity index (χ2n) is 6.64. The zero-order valence-electron chi connectivity index (χ0n) is 14.4. The van der Waals surface area contributed by atoms with Crippen molar-refractivity contribution in [3.63, 3.8) is 0 Å². The number of carbonyl (C=O) groups is 2. The number of ether oxygens (including phenoxy) is 1. The number of nitrogens with one attached hydrogen (secondary N) is 1. The molecule has 0 radical (unpaired) electrons. The molecule has 0 aliphatic carbocycles. The normalized spacial score (nSPS) is 20.9. The molecule has 1 unspecified atom stereocenters. The molecule has 1 aromatic rings. The molecular formula is C18H26N2O3. The Bertz CT molecular complexity index is 585. The predicted octanol–water partition coefficient (Wildman–Crippen LogP) is 2.74. The Kier molecular flexibility index (Phi) is 5.29. The maximum atomic E-state index is 12.7. The summed E-state index contributed by atoms with van der Waals surface area (Å²) in [6.45, 7) is 6.71. The molecule has 1 aliphatic heterocycles. The van der Waals surface area contributed by atoms with Crippen molar-refractivity contribution in [3.05, 3.63) is 24.3 Å². The molecule has 1 fully saturated rings. The molecule has 23 heavy (non-hydrogen) atoms. The zero-order valence-corrected chi connectivity index (χ0v) is 14.4. The van der Waals surface area contributed by atoms with Gasteiger partial charge in [0.05, 0.1) is 7.11 Å². The van der Waals surface area contributed by atoms with Crippen LogP contribution < -0.4 is 15.0 Å². The Hall–Kier alpha value is -2.04. The molecule has 2 amide bonds. The monoisotopic (exact) mass is 318 g/mol. The lowest BCUT2D eigenvalue weighted by Gasteiger charge is -2.34. The lowest BCUT2D eigenvalue weighted by Crippen LogP contribution is -2.55. The van der Waals surface area contributed by atoms with Crippen molar-refractivity contribution in [2.75, 3.05) is 18.6 Å². The standard InChI is InChI=1S/C18H26N2O3/c1-13(2)9-11-19-17(22)18(3)10-8-16(21)20(18)14-6-5-7-15(12-14)23-4/h5-7,12-13H,8-11H2,1-4H3,(H,19,22). The lowest BCUT2D eigenvalue weighted by molar-refractivity contribution is -0.127. The third kappa shape index (κ3) is 3.66. The van der Waals surface area contributed by atoms with Gasteiger partial charge in [0, 0.05) is 24.7 Å². The Balaban J connectivity index is 2.21. The highest BCUT2D eigenvalue weighted by molar-refractivity contribution is 6.06. The SMILES string of the molecule is COc1cccc(N2C(=O)CCC2(C)C(=O)NCCC(C)C)c1. The summed E-state index contributed by atoms with van der Waals surface area (Å²) in [4.78, 5) is 26.7. The van der Waals surface area contributed by atoms with Gasteiger partial charge in [-0.15, -0.1) is 0 Å². The van der Waals surface area contributed by atoms with E-state index in [0.717, 1.165) is 6.42 Å². The van der Waals surface area contributed by atoms with E-state index in [1.54, 1.807) is 18.1 Å². The quantitative estimate of drug-likeness (QED) is 0.877. The fourth-order valence-electron chi connectivity index (χ4n) is 2.91. The smallest absolute Gasteiger partial charge is 0.246 e. The highest BCUT2D eigenvalue weighted by Gasteiger charge is 2.48. The molecule has 0 saturated carbocycles. The van der Waals surface area contributed by atoms with Gasteiger partial charge in [-0.05, 0) is 37.8 Å². The summed E-state index contributed by atoms with van der Waals surface area (Å²) in [5.41, 5.74) is -0.145. The predicted molar refractivity (Wildman–Crippen MR) is 90.6 cm³/mol. The first-order valence-electron chi connectivity index (χ1n) is 8.14. The van der Waals surface area contributed by atoms with Gasteiger partial charge >= 0.3 is 0 Å². The first-order chi connectivity index (χ1) is 10.9. The Labute approximate surface area is 138 Å². The summed E-state index contributed by atoms with van der Waals surface area (Å²) in [6, 6.07) is 7.29. The number of benzene rings is 1. The summed E-state index contributed by atoms with van der Waals surface area (Å²) in [6.07, 6.45) is 1.83. The van der Waals surface area contributed by atoms with Gasteiger partial charge in [0.1, 0.15) is 11.3 Å². The van der Waals surface area contributed by atoms with Crippen molar-refractivity contribution in [1.82, 2.24) is 5.32 Å². The molecule has 1 N–H and O–H groups in total. The summed E-state index contributed by atoms with van der Waals surface area (Å²) < 4.78 is 5.23. The van der Waals surface area contributed by atoms with Crippen molar-refractivity contribution < 1.29 is 14.3 Å². The van der Waals surface area contributed by atoms with Crippen LogP contribution in [0.3, 0.4) is 0 Å². The largest absolute Gasteiger partial charge is 0.497 e. The Morgan fingerprint density at radius 1 is 1.43 bits per heavy atom. The number of anilines is 1. The van der Waals surface area contributed by atoms with Crippen molar-refractivity contribution >= 4 is 17.5 Å². The summed E-state index contributed by atoms with van der Waals surface area (Å²) >= 11 is 0. The molecule has 1 atom stereocenters. The molecule has 126 valence electrons. The highest BCUT2D eigenvalue weighted by Crippen LogP contribution is 2.36. The van der Waals surface area contributed by atoms with Crippen LogP contribution >= 0.6 is 0 Å². The van der Waals surface area contributed by atoms with E-state index in [9.17, 15) is 9.59 Å². The van der Waals surface area contributed by atoms with Crippen LogP contribution in [0.5, 0.6) is 5.75 Å². The van der Waals surface area contributed by atoms with Gasteiger partial charge in [-0.2, -0.15) is 0 Å². The Morgan fingerprint density at radius 3 is 2.83 bits per heavy atom. The van der Waals surface area contributed by atoms with Gasteiger partial charge < -0.3 is 10.1 Å². The van der Waals surface area contributed by atoms with Crippen LogP contribution in [0.4, 0.5) is 5.69 Å². The van der Waals surface area contributed by atoms with E-state index < -0.39 is 5.54 Å². The van der Waals surface area contributed by atoms with Crippen molar-refractivity contribution in [1.29, 1.82) is 0 Å². The van der Waals surface area contributed by atoms with Crippen molar-refractivity contribution in [2.24, 2.45) is 5.92 Å². The van der Waals surface area contributed by atoms with E-state index in [0.29, 0.717) is 36.7 Å². The summed E-state index contributed by atoms with van der Waals surface area (Å²) in [5, 5.41) is 2.98. The van der Waals surface area contributed by atoms with Gasteiger partial charge in [-0.1, -0.05) is 19.9 Å². The second kappa shape index (κ2) is 7.02. The number of carbonyl (C=O) groups excluding carboxylic acids is 2. The van der Waals surface area contributed by atoms with Crippen LogP contribution in [-0.4, -0.2) is 31.0 Å². The number of hydrogen-bond acceptors (Lipinski definition) is 3. The number of methoxy groups -OCH3 is 1. The lowest BCUT2D eigenvalue weighted by atomic mass is 9.96. The van der Waals surface area contributed by atoms with Crippen LogP contribution in [0.25, 0.3) is 0 Å². The fraction of sp³-hybridized carbons (Fsp3) is 0.556. The third-order valence-corrected chi connectivity index (χ3v) is 4.38. The molecule has 5 heteroatoms. The van der Waals surface area contributed by atoms with Gasteiger partial charge in [0.2, 0.25) is 11.8 Å². The maximum absolute atomic E-state index is 12.7. The summed E-state index contributed by atoms with van der Waals surface area (Å²) in [5.74, 6) is 1.08. The van der Waals surface area contributed by atoms with Crippen LogP contribution in [-0.2, 0) is 9.59 Å². The molecule has 1 aliphatic rings. The van der Waals surface area contributed by atoms with Crippen molar-refractivity contribution in [3.8, 4) is 5.75 Å². The number of hydrogen-bond donors (Lipinski definition) is 1. The maximum Gasteiger partial charge on any atom is 0.246 e. The summed E-state index contributed by atoms with van der Waals surface area (Å²) in [7, 11) is 1.59. The topological polar surface area (TPSA) is 58.6 Å². The van der Waals surface area contributed by atoms with E-state index in [-0.39, 0.29) is 11.8 Å². The van der Waals surface area contributed by atoms with Gasteiger partial charge in [0.15, 0.2) is 0 Å². The van der Waals surface area contributed by atoms with Gasteiger partial charge in [-0.25, -0.2) is 0 Å². The molecule has 0 aromatic heterocycles. The van der Waals surface area contributed by atoms with Crippen molar-refractivity contribution in [2.45, 2.75) is 45.6 Å². The van der Waals surface area contributed by atoms with Crippen LogP contribution in [0.2, 0.25) is 0 Å². The minimum absolute atomic E-state index is 0.0280. The van der Waals surface area contributed by atoms with E-state index in [1.807, 2.05) is 25.1 Å². The van der Waals surface area contributed by atoms with Gasteiger partial charge in [-0.3, -0.25) is 14.5 Å².